The maximum Gasteiger partial charge on any atom is 0.323 e. The van der Waals surface area contributed by atoms with Crippen molar-refractivity contribution in [2.24, 2.45) is 0 Å². The van der Waals surface area contributed by atoms with E-state index in [0.717, 1.165) is 17.7 Å². The molecule has 1 saturated heterocycles. The van der Waals surface area contributed by atoms with Gasteiger partial charge in [-0.15, -0.1) is 0 Å². The first-order valence-corrected chi connectivity index (χ1v) is 12.8. The summed E-state index contributed by atoms with van der Waals surface area (Å²) < 4.78 is 24.2. The first-order valence-electron chi connectivity index (χ1n) is 12.8. The van der Waals surface area contributed by atoms with Crippen LogP contribution in [0.25, 0.3) is 0 Å². The molecule has 2 atom stereocenters. The Morgan fingerprint density at radius 3 is 2.44 bits per heavy atom. The summed E-state index contributed by atoms with van der Waals surface area (Å²) in [5.74, 6) is -2.18. The monoisotopic (exact) mass is 562 g/mol. The van der Waals surface area contributed by atoms with Crippen molar-refractivity contribution in [1.29, 1.82) is 0 Å². The topological polar surface area (TPSA) is 138 Å². The lowest BCUT2D eigenvalue weighted by Crippen LogP contribution is -2.55. The number of aliphatic carboxylic acids is 1. The minimum absolute atomic E-state index is 0.0168. The van der Waals surface area contributed by atoms with Gasteiger partial charge in [0.1, 0.15) is 5.82 Å². The lowest BCUT2D eigenvalue weighted by atomic mass is 10.0. The van der Waals surface area contributed by atoms with Crippen LogP contribution < -0.4 is 20.1 Å². The standard InChI is InChI=1S/C29H27FN4O7/c1-17-3-2-4-21(13-17)31-29(39)34-12-11-33(28(38)19-7-10-23-24(14-19)41-16-40-23)27(34)26(37)32-22(15-25(35)36)18-5-8-20(30)9-6-18/h2-10,13-14,22,27H,11-12,15-16H2,1H3,(H,31,39)(H,32,37)(H,35,36). The Bertz CT molecular complexity index is 1500. The number of amides is 4. The molecule has 3 aromatic carbocycles. The van der Waals surface area contributed by atoms with Gasteiger partial charge in [-0.1, -0.05) is 24.3 Å². The maximum atomic E-state index is 13.8. The first kappa shape index (κ1) is 27.4. The third-order valence-electron chi connectivity index (χ3n) is 6.78. The number of halogens is 1. The van der Waals surface area contributed by atoms with Gasteiger partial charge in [-0.2, -0.15) is 0 Å². The second-order valence-electron chi connectivity index (χ2n) is 9.64. The predicted octanol–water partition coefficient (Wildman–Crippen LogP) is 3.51. The van der Waals surface area contributed by atoms with Crippen LogP contribution in [0.1, 0.15) is 33.9 Å². The average molecular weight is 563 g/mol. The molecule has 0 saturated carbocycles. The Kier molecular flexibility index (Phi) is 7.72. The Labute approximate surface area is 234 Å². The van der Waals surface area contributed by atoms with E-state index in [1.165, 1.54) is 34.1 Å². The highest BCUT2D eigenvalue weighted by Crippen LogP contribution is 2.33. The number of fused-ring (bicyclic) bond motifs is 1. The number of aryl methyl sites for hydroxylation is 1. The van der Waals surface area contributed by atoms with Crippen LogP contribution in [0.15, 0.2) is 66.7 Å². The number of carboxylic acids is 1. The highest BCUT2D eigenvalue weighted by Gasteiger charge is 2.44. The number of hydrogen-bond acceptors (Lipinski definition) is 6. The minimum Gasteiger partial charge on any atom is -0.481 e. The van der Waals surface area contributed by atoms with Gasteiger partial charge in [-0.3, -0.25) is 19.3 Å². The number of anilines is 1. The second kappa shape index (κ2) is 11.5. The normalized spacial score (nSPS) is 16.3. The van der Waals surface area contributed by atoms with Crippen LogP contribution in [0.3, 0.4) is 0 Å². The molecule has 0 aromatic heterocycles. The fraction of sp³-hybridized carbons (Fsp3) is 0.241. The number of nitrogens with zero attached hydrogens (tertiary/aromatic N) is 2. The SMILES string of the molecule is Cc1cccc(NC(=O)N2CCN(C(=O)c3ccc4c(c3)OCO4)C2C(=O)NC(CC(=O)O)c2ccc(F)cc2)c1. The van der Waals surface area contributed by atoms with E-state index in [2.05, 4.69) is 10.6 Å². The molecule has 0 aliphatic carbocycles. The number of carboxylic acid groups (broad SMARTS) is 1. The fourth-order valence-electron chi connectivity index (χ4n) is 4.82. The van der Waals surface area contributed by atoms with E-state index in [1.807, 2.05) is 13.0 Å². The number of nitrogens with one attached hydrogen (secondary N) is 2. The van der Waals surface area contributed by atoms with Crippen molar-refractivity contribution in [2.75, 3.05) is 25.2 Å². The molecule has 11 nitrogen and oxygen atoms in total. The zero-order chi connectivity index (χ0) is 29.1. The van der Waals surface area contributed by atoms with Crippen LogP contribution in [-0.2, 0) is 9.59 Å². The molecule has 3 N–H and O–H groups in total. The number of ether oxygens (including phenoxy) is 2. The molecule has 2 aliphatic heterocycles. The van der Waals surface area contributed by atoms with Gasteiger partial charge in [-0.05, 0) is 60.5 Å². The number of hydrogen-bond donors (Lipinski definition) is 3. The zero-order valence-electron chi connectivity index (χ0n) is 22.0. The lowest BCUT2D eigenvalue weighted by Gasteiger charge is -2.31. The summed E-state index contributed by atoms with van der Waals surface area (Å²) in [5, 5.41) is 14.9. The Morgan fingerprint density at radius 1 is 0.976 bits per heavy atom. The van der Waals surface area contributed by atoms with E-state index >= 15 is 0 Å². The average Bonchev–Trinajstić information content (AvgIpc) is 3.59. The summed E-state index contributed by atoms with van der Waals surface area (Å²) in [7, 11) is 0. The van der Waals surface area contributed by atoms with Gasteiger partial charge in [0.05, 0.1) is 12.5 Å². The zero-order valence-corrected chi connectivity index (χ0v) is 22.0. The molecule has 12 heteroatoms. The van der Waals surface area contributed by atoms with E-state index in [0.29, 0.717) is 22.7 Å². The second-order valence-corrected chi connectivity index (χ2v) is 9.64. The summed E-state index contributed by atoms with van der Waals surface area (Å²) >= 11 is 0. The Hall–Kier alpha value is -5.13. The summed E-state index contributed by atoms with van der Waals surface area (Å²) in [6, 6.07) is 15.1. The lowest BCUT2D eigenvalue weighted by molar-refractivity contribution is -0.138. The third kappa shape index (κ3) is 6.06. The molecular formula is C29H27FN4O7. The van der Waals surface area contributed by atoms with E-state index in [-0.39, 0.29) is 25.4 Å². The molecule has 0 radical (unpaired) electrons. The van der Waals surface area contributed by atoms with Crippen LogP contribution in [0.4, 0.5) is 14.9 Å². The molecule has 3 aromatic rings. The van der Waals surface area contributed by atoms with Crippen LogP contribution in [0.2, 0.25) is 0 Å². The predicted molar refractivity (Wildman–Crippen MR) is 144 cm³/mol. The van der Waals surface area contributed by atoms with Crippen molar-refractivity contribution in [3.8, 4) is 11.5 Å². The highest BCUT2D eigenvalue weighted by atomic mass is 19.1. The van der Waals surface area contributed by atoms with Gasteiger partial charge < -0.3 is 30.1 Å². The van der Waals surface area contributed by atoms with Crippen molar-refractivity contribution >= 4 is 29.5 Å². The molecule has 2 unspecified atom stereocenters. The molecule has 2 aliphatic rings. The van der Waals surface area contributed by atoms with Crippen LogP contribution in [-0.4, -0.2) is 64.8 Å². The number of rotatable bonds is 7. The van der Waals surface area contributed by atoms with Crippen LogP contribution in [0, 0.1) is 12.7 Å². The fourth-order valence-corrected chi connectivity index (χ4v) is 4.82. The summed E-state index contributed by atoms with van der Waals surface area (Å²) in [6.45, 7) is 1.95. The van der Waals surface area contributed by atoms with Crippen molar-refractivity contribution in [3.05, 3.63) is 89.2 Å². The smallest absolute Gasteiger partial charge is 0.323 e. The highest BCUT2D eigenvalue weighted by molar-refractivity contribution is 6.01. The molecule has 4 amide bonds. The summed E-state index contributed by atoms with van der Waals surface area (Å²) in [5.41, 5.74) is 1.98. The van der Waals surface area contributed by atoms with E-state index < -0.39 is 48.3 Å². The quantitative estimate of drug-likeness (QED) is 0.401. The molecule has 41 heavy (non-hydrogen) atoms. The van der Waals surface area contributed by atoms with E-state index in [9.17, 15) is 28.7 Å². The third-order valence-corrected chi connectivity index (χ3v) is 6.78. The number of carbonyl (C=O) groups is 4. The van der Waals surface area contributed by atoms with E-state index in [1.54, 1.807) is 24.3 Å². The van der Waals surface area contributed by atoms with Crippen molar-refractivity contribution in [1.82, 2.24) is 15.1 Å². The summed E-state index contributed by atoms with van der Waals surface area (Å²) in [4.78, 5) is 54.9. The molecule has 1 fully saturated rings. The largest absolute Gasteiger partial charge is 0.481 e. The van der Waals surface area contributed by atoms with Gasteiger partial charge in [0.25, 0.3) is 11.8 Å². The molecule has 5 rings (SSSR count). The van der Waals surface area contributed by atoms with Crippen molar-refractivity contribution < 1.29 is 38.1 Å². The molecular weight excluding hydrogens is 535 g/mol. The summed E-state index contributed by atoms with van der Waals surface area (Å²) in [6.07, 6.45) is -1.91. The van der Waals surface area contributed by atoms with Gasteiger partial charge in [0, 0.05) is 24.3 Å². The van der Waals surface area contributed by atoms with Crippen LogP contribution >= 0.6 is 0 Å². The minimum atomic E-state index is -1.41. The van der Waals surface area contributed by atoms with Crippen LogP contribution in [0.5, 0.6) is 11.5 Å². The first-order chi connectivity index (χ1) is 19.7. The molecule has 0 bridgehead atoms. The van der Waals surface area contributed by atoms with Crippen molar-refractivity contribution in [3.63, 3.8) is 0 Å². The van der Waals surface area contributed by atoms with Gasteiger partial charge in [0.15, 0.2) is 17.7 Å². The van der Waals surface area contributed by atoms with E-state index in [4.69, 9.17) is 9.47 Å². The number of urea groups is 1. The van der Waals surface area contributed by atoms with Gasteiger partial charge >= 0.3 is 12.0 Å². The number of benzene rings is 3. The van der Waals surface area contributed by atoms with Crippen molar-refractivity contribution in [2.45, 2.75) is 25.6 Å². The maximum absolute atomic E-state index is 13.8. The molecule has 2 heterocycles. The Balaban J connectivity index is 1.44. The molecule has 212 valence electrons. The Morgan fingerprint density at radius 2 is 1.71 bits per heavy atom. The van der Waals surface area contributed by atoms with Gasteiger partial charge in [-0.25, -0.2) is 9.18 Å². The molecule has 0 spiro atoms. The van der Waals surface area contributed by atoms with Gasteiger partial charge in [0.2, 0.25) is 6.79 Å². The number of carbonyl (C=O) groups excluding carboxylic acids is 3.